The molecule has 0 spiro atoms. The van der Waals surface area contributed by atoms with E-state index in [0.717, 1.165) is 14.0 Å². The average Bonchev–Trinajstić information content (AvgIpc) is 2.46. The largest absolute Gasteiger partial charge is 0.465 e. The average molecular weight is 323 g/mol. The molecular formula is C12H21NO9. The smallest absolute Gasteiger partial charge is 0.366 e. The first kappa shape index (κ1) is 18.7. The summed E-state index contributed by atoms with van der Waals surface area (Å²) >= 11 is 0. The maximum absolute atomic E-state index is 11.6. The summed E-state index contributed by atoms with van der Waals surface area (Å²) < 4.78 is 9.45. The summed E-state index contributed by atoms with van der Waals surface area (Å²) in [7, 11) is 0.990. The van der Waals surface area contributed by atoms with Crippen LogP contribution in [0, 0.1) is 0 Å². The van der Waals surface area contributed by atoms with Gasteiger partial charge in [-0.2, -0.15) is 0 Å². The van der Waals surface area contributed by atoms with Crippen LogP contribution < -0.4 is 5.32 Å². The van der Waals surface area contributed by atoms with Crippen molar-refractivity contribution in [2.75, 3.05) is 13.7 Å². The third-order valence-corrected chi connectivity index (χ3v) is 3.38. The van der Waals surface area contributed by atoms with Crippen molar-refractivity contribution < 1.29 is 44.6 Å². The van der Waals surface area contributed by atoms with Crippen LogP contribution in [0.25, 0.3) is 0 Å². The standard InChI is InChI=1S/C12H21NO9/c1-5(15)13-8-6(16)3-12(20,11(19)21-2)22-10(8)9(18)7(17)4-14/h6-10,14,16-18,20H,3-4H2,1-2H3,(H,13,15)/t6-,7+,8-,9+,10-,12+/m1/s1. The van der Waals surface area contributed by atoms with Crippen LogP contribution in [0.15, 0.2) is 0 Å². The minimum atomic E-state index is -2.55. The summed E-state index contributed by atoms with van der Waals surface area (Å²) in [5.41, 5.74) is 0. The van der Waals surface area contributed by atoms with Gasteiger partial charge < -0.3 is 40.3 Å². The molecule has 0 saturated carbocycles. The molecule has 0 unspecified atom stereocenters. The highest BCUT2D eigenvalue weighted by molar-refractivity contribution is 5.78. The van der Waals surface area contributed by atoms with Gasteiger partial charge >= 0.3 is 5.97 Å². The van der Waals surface area contributed by atoms with Crippen molar-refractivity contribution in [2.24, 2.45) is 0 Å². The Kier molecular flexibility index (Phi) is 6.23. The van der Waals surface area contributed by atoms with E-state index in [2.05, 4.69) is 10.1 Å². The fourth-order valence-corrected chi connectivity index (χ4v) is 2.29. The van der Waals surface area contributed by atoms with Crippen molar-refractivity contribution in [1.29, 1.82) is 0 Å². The third-order valence-electron chi connectivity index (χ3n) is 3.38. The lowest BCUT2D eigenvalue weighted by Crippen LogP contribution is -2.67. The number of esters is 1. The molecule has 22 heavy (non-hydrogen) atoms. The van der Waals surface area contributed by atoms with Crippen LogP contribution in [0.4, 0.5) is 0 Å². The maximum atomic E-state index is 11.6. The zero-order valence-corrected chi connectivity index (χ0v) is 12.2. The summed E-state index contributed by atoms with van der Waals surface area (Å²) in [5.74, 6) is -4.32. The van der Waals surface area contributed by atoms with E-state index < -0.39 is 61.1 Å². The molecule has 0 aromatic carbocycles. The monoisotopic (exact) mass is 323 g/mol. The minimum absolute atomic E-state index is 0.563. The molecule has 10 nitrogen and oxygen atoms in total. The Morgan fingerprint density at radius 2 is 2.05 bits per heavy atom. The van der Waals surface area contributed by atoms with Crippen LogP contribution in [0.5, 0.6) is 0 Å². The quantitative estimate of drug-likeness (QED) is 0.278. The highest BCUT2D eigenvalue weighted by Gasteiger charge is 2.54. The molecule has 0 aromatic rings. The summed E-state index contributed by atoms with van der Waals surface area (Å²) in [6.07, 6.45) is -7.09. The summed E-state index contributed by atoms with van der Waals surface area (Å²) in [5, 5.41) is 50.8. The van der Waals surface area contributed by atoms with Crippen molar-refractivity contribution >= 4 is 11.9 Å². The fraction of sp³-hybridized carbons (Fsp3) is 0.833. The first-order valence-electron chi connectivity index (χ1n) is 6.57. The van der Waals surface area contributed by atoms with E-state index in [1.165, 1.54) is 0 Å². The molecule has 1 aliphatic rings. The second-order valence-electron chi connectivity index (χ2n) is 5.10. The number of carbonyl (C=O) groups is 2. The second-order valence-corrected chi connectivity index (χ2v) is 5.10. The fourth-order valence-electron chi connectivity index (χ4n) is 2.29. The summed E-state index contributed by atoms with van der Waals surface area (Å²) in [6.45, 7) is 0.320. The van der Waals surface area contributed by atoms with Gasteiger partial charge in [-0.05, 0) is 0 Å². The molecule has 10 heteroatoms. The molecule has 1 aliphatic heterocycles. The van der Waals surface area contributed by atoms with Crippen LogP contribution in [-0.2, 0) is 19.1 Å². The molecule has 6 N–H and O–H groups in total. The molecule has 1 amide bonds. The number of hydrogen-bond acceptors (Lipinski definition) is 9. The SMILES string of the molecule is COC(=O)[C@]1(O)C[C@@H](O)[C@@H](NC(C)=O)[C@H]([C@@H](O)[C@@H](O)CO)O1. The lowest BCUT2D eigenvalue weighted by atomic mass is 9.88. The molecule has 0 bridgehead atoms. The maximum Gasteiger partial charge on any atom is 0.366 e. The first-order chi connectivity index (χ1) is 10.2. The minimum Gasteiger partial charge on any atom is -0.465 e. The van der Waals surface area contributed by atoms with Crippen molar-refractivity contribution in [3.63, 3.8) is 0 Å². The van der Waals surface area contributed by atoms with E-state index in [9.17, 15) is 30.0 Å². The van der Waals surface area contributed by atoms with Gasteiger partial charge in [0.05, 0.1) is 25.9 Å². The molecule has 1 rings (SSSR count). The van der Waals surface area contributed by atoms with Gasteiger partial charge in [-0.3, -0.25) is 4.79 Å². The van der Waals surface area contributed by atoms with Gasteiger partial charge in [0.25, 0.3) is 5.79 Å². The van der Waals surface area contributed by atoms with E-state index in [4.69, 9.17) is 9.84 Å². The van der Waals surface area contributed by atoms with Gasteiger partial charge in [0.1, 0.15) is 18.3 Å². The predicted octanol–water partition coefficient (Wildman–Crippen LogP) is -3.78. The van der Waals surface area contributed by atoms with E-state index >= 15 is 0 Å². The number of hydrogen-bond donors (Lipinski definition) is 6. The van der Waals surface area contributed by atoms with Gasteiger partial charge in [-0.25, -0.2) is 4.79 Å². The Morgan fingerprint density at radius 1 is 1.45 bits per heavy atom. The van der Waals surface area contributed by atoms with Crippen LogP contribution in [-0.4, -0.2) is 87.4 Å². The van der Waals surface area contributed by atoms with Crippen LogP contribution >= 0.6 is 0 Å². The van der Waals surface area contributed by atoms with Gasteiger partial charge in [-0.1, -0.05) is 0 Å². The predicted molar refractivity (Wildman–Crippen MR) is 69.2 cm³/mol. The summed E-state index contributed by atoms with van der Waals surface area (Å²) in [4.78, 5) is 22.8. The van der Waals surface area contributed by atoms with Crippen molar-refractivity contribution in [1.82, 2.24) is 5.32 Å². The third kappa shape index (κ3) is 3.91. The van der Waals surface area contributed by atoms with Crippen LogP contribution in [0.1, 0.15) is 13.3 Å². The number of nitrogens with one attached hydrogen (secondary N) is 1. The van der Waals surface area contributed by atoms with E-state index in [1.807, 2.05) is 0 Å². The van der Waals surface area contributed by atoms with Crippen LogP contribution in [0.3, 0.4) is 0 Å². The zero-order valence-electron chi connectivity index (χ0n) is 12.2. The molecule has 6 atom stereocenters. The van der Waals surface area contributed by atoms with Crippen molar-refractivity contribution in [3.8, 4) is 0 Å². The zero-order chi connectivity index (χ0) is 17.1. The van der Waals surface area contributed by atoms with E-state index in [1.54, 1.807) is 0 Å². The number of aliphatic hydroxyl groups excluding tert-OH is 4. The first-order valence-corrected chi connectivity index (χ1v) is 6.57. The van der Waals surface area contributed by atoms with Crippen molar-refractivity contribution in [2.45, 2.75) is 49.6 Å². The van der Waals surface area contributed by atoms with Crippen molar-refractivity contribution in [3.05, 3.63) is 0 Å². The van der Waals surface area contributed by atoms with E-state index in [-0.39, 0.29) is 0 Å². The molecule has 0 aromatic heterocycles. The Bertz CT molecular complexity index is 417. The number of rotatable bonds is 5. The Hall–Kier alpha value is -1.30. The number of carbonyl (C=O) groups excluding carboxylic acids is 2. The molecule has 1 saturated heterocycles. The van der Waals surface area contributed by atoms with Gasteiger partial charge in [0.2, 0.25) is 5.91 Å². The molecule has 128 valence electrons. The normalized spacial score (nSPS) is 34.6. The topological polar surface area (TPSA) is 166 Å². The van der Waals surface area contributed by atoms with Gasteiger partial charge in [0, 0.05) is 13.3 Å². The Labute approximate surface area is 126 Å². The molecule has 1 fully saturated rings. The molecule has 1 heterocycles. The lowest BCUT2D eigenvalue weighted by Gasteiger charge is -2.45. The second kappa shape index (κ2) is 7.31. The van der Waals surface area contributed by atoms with Gasteiger partial charge in [-0.15, -0.1) is 0 Å². The molecule has 0 radical (unpaired) electrons. The number of aliphatic hydroxyl groups is 5. The molecule has 0 aliphatic carbocycles. The number of methoxy groups -OCH3 is 1. The highest BCUT2D eigenvalue weighted by Crippen LogP contribution is 2.31. The Balaban J connectivity index is 3.09. The van der Waals surface area contributed by atoms with Gasteiger partial charge in [0.15, 0.2) is 0 Å². The number of ether oxygens (including phenoxy) is 2. The van der Waals surface area contributed by atoms with E-state index in [0.29, 0.717) is 0 Å². The Morgan fingerprint density at radius 3 is 2.50 bits per heavy atom. The van der Waals surface area contributed by atoms with Crippen LogP contribution in [0.2, 0.25) is 0 Å². The highest BCUT2D eigenvalue weighted by atomic mass is 16.7. The lowest BCUT2D eigenvalue weighted by molar-refractivity contribution is -0.296. The summed E-state index contributed by atoms with van der Waals surface area (Å²) in [6, 6.07) is -1.21. The molecular weight excluding hydrogens is 302 g/mol. The number of amides is 1.